The van der Waals surface area contributed by atoms with Crippen LogP contribution in [-0.4, -0.2) is 37.6 Å². The van der Waals surface area contributed by atoms with Crippen LogP contribution in [0.3, 0.4) is 0 Å². The Morgan fingerprint density at radius 1 is 1.47 bits per heavy atom. The molecule has 0 radical (unpaired) electrons. The third-order valence-electron chi connectivity index (χ3n) is 2.46. The van der Waals surface area contributed by atoms with E-state index >= 15 is 0 Å². The summed E-state index contributed by atoms with van der Waals surface area (Å²) in [6.45, 7) is 12.5. The van der Waals surface area contributed by atoms with Gasteiger partial charge in [-0.05, 0) is 26.3 Å². The Morgan fingerprint density at radius 3 is 2.53 bits per heavy atom. The highest BCUT2D eigenvalue weighted by molar-refractivity contribution is 5.72. The van der Waals surface area contributed by atoms with E-state index in [1.54, 1.807) is 0 Å². The molecule has 0 bridgehead atoms. The second-order valence-electron chi connectivity index (χ2n) is 4.01. The predicted molar refractivity (Wildman–Crippen MR) is 62.7 cm³/mol. The molecule has 3 heteroatoms. The lowest BCUT2D eigenvalue weighted by atomic mass is 9.91. The molecule has 1 fully saturated rings. The van der Waals surface area contributed by atoms with Gasteiger partial charge in [-0.3, -0.25) is 4.79 Å². The van der Waals surface area contributed by atoms with Gasteiger partial charge in [0, 0.05) is 13.1 Å². The highest BCUT2D eigenvalue weighted by Gasteiger charge is 2.28. The Balaban J connectivity index is 0.000000921. The Hall–Kier alpha value is -0.830. The van der Waals surface area contributed by atoms with Crippen molar-refractivity contribution in [2.75, 3.05) is 26.7 Å². The third kappa shape index (κ3) is 4.98. The molecule has 1 heterocycles. The number of esters is 1. The lowest BCUT2D eigenvalue weighted by Crippen LogP contribution is -2.40. The van der Waals surface area contributed by atoms with Crippen molar-refractivity contribution in [1.29, 1.82) is 0 Å². The molecule has 0 aromatic heterocycles. The van der Waals surface area contributed by atoms with Gasteiger partial charge in [-0.1, -0.05) is 6.92 Å². The summed E-state index contributed by atoms with van der Waals surface area (Å²) in [5, 5.41) is 0. The van der Waals surface area contributed by atoms with Crippen molar-refractivity contribution in [3.8, 4) is 0 Å². The summed E-state index contributed by atoms with van der Waals surface area (Å²) in [5.41, 5.74) is 0. The maximum Gasteiger partial charge on any atom is 0.310 e. The average Bonchev–Trinajstić information content (AvgIpc) is 2.20. The molecule has 2 atom stereocenters. The van der Waals surface area contributed by atoms with E-state index in [1.807, 2.05) is 6.92 Å². The topological polar surface area (TPSA) is 29.5 Å². The zero-order valence-corrected chi connectivity index (χ0v) is 10.2. The minimum atomic E-state index is -0.0269. The fourth-order valence-electron chi connectivity index (χ4n) is 2.05. The number of nitrogens with zero attached hydrogens (tertiary/aromatic N) is 1. The maximum absolute atomic E-state index is 11.4. The van der Waals surface area contributed by atoms with Gasteiger partial charge in [0.2, 0.25) is 0 Å². The molecule has 0 aliphatic carbocycles. The normalized spacial score (nSPS) is 26.3. The summed E-state index contributed by atoms with van der Waals surface area (Å²) < 4.78 is 5.01. The van der Waals surface area contributed by atoms with E-state index < -0.39 is 0 Å². The van der Waals surface area contributed by atoms with Crippen molar-refractivity contribution in [1.82, 2.24) is 4.90 Å². The summed E-state index contributed by atoms with van der Waals surface area (Å²) in [6, 6.07) is 0. The first-order chi connectivity index (χ1) is 7.13. The highest BCUT2D eigenvalue weighted by atomic mass is 16.5. The number of hydrogen-bond donors (Lipinski definition) is 0. The Labute approximate surface area is 93.1 Å². The zero-order chi connectivity index (χ0) is 11.8. The molecular formula is C12H23NO2. The first-order valence-corrected chi connectivity index (χ1v) is 5.48. The molecular weight excluding hydrogens is 190 g/mol. The van der Waals surface area contributed by atoms with E-state index in [0.29, 0.717) is 12.5 Å². The lowest BCUT2D eigenvalue weighted by molar-refractivity contribution is -0.150. The number of ether oxygens (including phenoxy) is 1. The summed E-state index contributed by atoms with van der Waals surface area (Å²) in [4.78, 5) is 13.6. The van der Waals surface area contributed by atoms with Crippen LogP contribution in [0.2, 0.25) is 0 Å². The highest BCUT2D eigenvalue weighted by Crippen LogP contribution is 2.21. The van der Waals surface area contributed by atoms with Gasteiger partial charge < -0.3 is 9.64 Å². The van der Waals surface area contributed by atoms with Crippen LogP contribution in [0.4, 0.5) is 0 Å². The maximum atomic E-state index is 11.4. The van der Waals surface area contributed by atoms with Crippen molar-refractivity contribution in [3.05, 3.63) is 13.2 Å². The Morgan fingerprint density at radius 2 is 2.07 bits per heavy atom. The number of hydrogen-bond acceptors (Lipinski definition) is 3. The molecule has 0 N–H and O–H groups in total. The van der Waals surface area contributed by atoms with Gasteiger partial charge in [0.25, 0.3) is 0 Å². The van der Waals surface area contributed by atoms with Crippen molar-refractivity contribution >= 4 is 5.97 Å². The monoisotopic (exact) mass is 213 g/mol. The average molecular weight is 213 g/mol. The fraction of sp³-hybridized carbons (Fsp3) is 0.750. The van der Waals surface area contributed by atoms with Crippen LogP contribution in [0.25, 0.3) is 0 Å². The summed E-state index contributed by atoms with van der Waals surface area (Å²) in [6.07, 6.45) is 0.975. The van der Waals surface area contributed by atoms with Gasteiger partial charge in [0.15, 0.2) is 0 Å². The van der Waals surface area contributed by atoms with E-state index in [4.69, 9.17) is 4.74 Å². The second-order valence-corrected chi connectivity index (χ2v) is 4.01. The molecule has 1 saturated heterocycles. The summed E-state index contributed by atoms with van der Waals surface area (Å²) in [7, 11) is 2.06. The van der Waals surface area contributed by atoms with Crippen molar-refractivity contribution in [3.63, 3.8) is 0 Å². The molecule has 1 rings (SSSR count). The van der Waals surface area contributed by atoms with Crippen LogP contribution in [0.5, 0.6) is 0 Å². The van der Waals surface area contributed by atoms with Gasteiger partial charge in [0.1, 0.15) is 0 Å². The third-order valence-corrected chi connectivity index (χ3v) is 2.46. The van der Waals surface area contributed by atoms with E-state index in [9.17, 15) is 4.79 Å². The van der Waals surface area contributed by atoms with Crippen LogP contribution < -0.4 is 0 Å². The van der Waals surface area contributed by atoms with Crippen LogP contribution in [0.15, 0.2) is 13.2 Å². The Kier molecular flexibility index (Phi) is 7.05. The largest absolute Gasteiger partial charge is 0.466 e. The SMILES string of the molecule is C=C.CCOC(=O)C1CC(C)CN(C)C1. The molecule has 0 amide bonds. The van der Waals surface area contributed by atoms with E-state index in [2.05, 4.69) is 32.0 Å². The molecule has 1 aliphatic heterocycles. The van der Waals surface area contributed by atoms with Crippen LogP contribution >= 0.6 is 0 Å². The number of rotatable bonds is 2. The molecule has 2 unspecified atom stereocenters. The molecule has 1 aliphatic rings. The fourth-order valence-corrected chi connectivity index (χ4v) is 2.05. The molecule has 15 heavy (non-hydrogen) atoms. The first-order valence-electron chi connectivity index (χ1n) is 5.48. The molecule has 0 aromatic carbocycles. The molecule has 0 spiro atoms. The quantitative estimate of drug-likeness (QED) is 0.518. The van der Waals surface area contributed by atoms with Gasteiger partial charge in [-0.2, -0.15) is 0 Å². The van der Waals surface area contributed by atoms with Crippen LogP contribution in [0, 0.1) is 11.8 Å². The van der Waals surface area contributed by atoms with E-state index in [1.165, 1.54) is 0 Å². The second kappa shape index (κ2) is 7.46. The minimum absolute atomic E-state index is 0.0269. The van der Waals surface area contributed by atoms with Gasteiger partial charge >= 0.3 is 5.97 Å². The first kappa shape index (κ1) is 14.2. The van der Waals surface area contributed by atoms with Crippen molar-refractivity contribution < 1.29 is 9.53 Å². The van der Waals surface area contributed by atoms with E-state index in [0.717, 1.165) is 19.5 Å². The molecule has 0 saturated carbocycles. The van der Waals surface area contributed by atoms with Gasteiger partial charge in [0.05, 0.1) is 12.5 Å². The summed E-state index contributed by atoms with van der Waals surface area (Å²) in [5.74, 6) is 0.669. The predicted octanol–water partition coefficient (Wildman–Crippen LogP) is 1.94. The summed E-state index contributed by atoms with van der Waals surface area (Å²) >= 11 is 0. The van der Waals surface area contributed by atoms with Crippen molar-refractivity contribution in [2.45, 2.75) is 20.3 Å². The number of likely N-dealkylation sites (tertiary alicyclic amines) is 1. The van der Waals surface area contributed by atoms with Crippen molar-refractivity contribution in [2.24, 2.45) is 11.8 Å². The molecule has 3 nitrogen and oxygen atoms in total. The standard InChI is InChI=1S/C10H19NO2.C2H4/c1-4-13-10(12)9-5-8(2)6-11(3)7-9;1-2/h8-9H,4-7H2,1-3H3;1-2H2. The lowest BCUT2D eigenvalue weighted by Gasteiger charge is -2.32. The van der Waals surface area contributed by atoms with Crippen LogP contribution in [-0.2, 0) is 9.53 Å². The van der Waals surface area contributed by atoms with Gasteiger partial charge in [-0.15, -0.1) is 13.2 Å². The molecule has 88 valence electrons. The smallest absolute Gasteiger partial charge is 0.310 e. The zero-order valence-electron chi connectivity index (χ0n) is 10.2. The van der Waals surface area contributed by atoms with E-state index in [-0.39, 0.29) is 11.9 Å². The van der Waals surface area contributed by atoms with Gasteiger partial charge in [-0.25, -0.2) is 0 Å². The van der Waals surface area contributed by atoms with Crippen LogP contribution in [0.1, 0.15) is 20.3 Å². The minimum Gasteiger partial charge on any atom is -0.466 e. The number of carbonyl (C=O) groups is 1. The number of piperidine rings is 1. The number of carbonyl (C=O) groups excluding carboxylic acids is 1. The Bertz CT molecular complexity index is 184. The molecule has 0 aromatic rings.